The zero-order valence-corrected chi connectivity index (χ0v) is 12.1. The molecule has 0 saturated heterocycles. The van der Waals surface area contributed by atoms with Crippen LogP contribution in [0.4, 0.5) is 18.0 Å². The standard InChI is InChI=1S/C11H16F3NO4S/c1-10(2,3)19-9(16)15-6-4-5-8(7-15)20(17,18)11(12,13)14/h5H,4,6-7H2,1-3H3. The van der Waals surface area contributed by atoms with Crippen molar-refractivity contribution in [3.05, 3.63) is 11.0 Å². The Bertz CT molecular complexity index is 517. The average molecular weight is 315 g/mol. The number of carbonyl (C=O) groups is 1. The minimum absolute atomic E-state index is 0.0316. The van der Waals surface area contributed by atoms with E-state index in [1.54, 1.807) is 20.8 Å². The van der Waals surface area contributed by atoms with E-state index in [1.165, 1.54) is 0 Å². The summed E-state index contributed by atoms with van der Waals surface area (Å²) in [4.78, 5) is 11.9. The van der Waals surface area contributed by atoms with Gasteiger partial charge in [0, 0.05) is 6.54 Å². The summed E-state index contributed by atoms with van der Waals surface area (Å²) < 4.78 is 64.9. The monoisotopic (exact) mass is 315 g/mol. The molecule has 9 heteroatoms. The molecule has 20 heavy (non-hydrogen) atoms. The molecule has 5 nitrogen and oxygen atoms in total. The van der Waals surface area contributed by atoms with Gasteiger partial charge in [-0.2, -0.15) is 13.2 Å². The Kier molecular flexibility index (Phi) is 4.42. The summed E-state index contributed by atoms with van der Waals surface area (Å²) in [6, 6.07) is 0. The molecule has 1 heterocycles. The van der Waals surface area contributed by atoms with Crippen LogP contribution in [0.1, 0.15) is 27.2 Å². The van der Waals surface area contributed by atoms with Crippen LogP contribution in [-0.2, 0) is 14.6 Å². The molecule has 0 aliphatic carbocycles. The van der Waals surface area contributed by atoms with E-state index in [0.29, 0.717) is 0 Å². The Hall–Kier alpha value is -1.25. The number of hydrogen-bond donors (Lipinski definition) is 0. The first kappa shape index (κ1) is 16.8. The summed E-state index contributed by atoms with van der Waals surface area (Å²) in [5.41, 5.74) is -6.17. The lowest BCUT2D eigenvalue weighted by Crippen LogP contribution is -2.42. The van der Waals surface area contributed by atoms with Crippen LogP contribution in [0, 0.1) is 0 Å². The maximum Gasteiger partial charge on any atom is 0.501 e. The van der Waals surface area contributed by atoms with Crippen molar-refractivity contribution >= 4 is 15.9 Å². The molecule has 0 bridgehead atoms. The fourth-order valence-corrected chi connectivity index (χ4v) is 2.50. The third kappa shape index (κ3) is 3.87. The number of halogens is 3. The van der Waals surface area contributed by atoms with Gasteiger partial charge < -0.3 is 9.64 Å². The number of hydrogen-bond acceptors (Lipinski definition) is 4. The van der Waals surface area contributed by atoms with Crippen LogP contribution >= 0.6 is 0 Å². The highest BCUT2D eigenvalue weighted by Crippen LogP contribution is 2.31. The molecule has 0 spiro atoms. The van der Waals surface area contributed by atoms with E-state index in [9.17, 15) is 26.4 Å². The molecule has 116 valence electrons. The molecule has 1 rings (SSSR count). The first-order valence-corrected chi connectivity index (χ1v) is 7.31. The molecular formula is C11H16F3NO4S. The fraction of sp³-hybridized carbons (Fsp3) is 0.727. The topological polar surface area (TPSA) is 63.7 Å². The van der Waals surface area contributed by atoms with Gasteiger partial charge in [-0.05, 0) is 27.2 Å². The van der Waals surface area contributed by atoms with Crippen molar-refractivity contribution in [3.63, 3.8) is 0 Å². The molecular weight excluding hydrogens is 299 g/mol. The number of sulfone groups is 1. The molecule has 0 N–H and O–H groups in total. The fourth-order valence-electron chi connectivity index (χ4n) is 1.54. The molecule has 0 radical (unpaired) electrons. The molecule has 0 aromatic heterocycles. The van der Waals surface area contributed by atoms with Crippen LogP contribution in [0.3, 0.4) is 0 Å². The first-order valence-electron chi connectivity index (χ1n) is 5.83. The van der Waals surface area contributed by atoms with Gasteiger partial charge in [0.15, 0.2) is 0 Å². The van der Waals surface area contributed by atoms with Gasteiger partial charge in [0.1, 0.15) is 5.60 Å². The van der Waals surface area contributed by atoms with Crippen LogP contribution in [0.25, 0.3) is 0 Å². The minimum atomic E-state index is -5.40. The number of rotatable bonds is 1. The molecule has 0 fully saturated rings. The van der Waals surface area contributed by atoms with Crippen LogP contribution in [0.2, 0.25) is 0 Å². The van der Waals surface area contributed by atoms with Crippen LogP contribution in [-0.4, -0.2) is 43.6 Å². The predicted molar refractivity (Wildman–Crippen MR) is 65.5 cm³/mol. The zero-order chi connectivity index (χ0) is 15.8. The van der Waals surface area contributed by atoms with Crippen LogP contribution in [0.15, 0.2) is 11.0 Å². The van der Waals surface area contributed by atoms with Crippen LogP contribution in [0.5, 0.6) is 0 Å². The molecule has 1 aliphatic heterocycles. The van der Waals surface area contributed by atoms with Gasteiger partial charge in [-0.25, -0.2) is 13.2 Å². The Balaban J connectivity index is 2.88. The summed E-state index contributed by atoms with van der Waals surface area (Å²) in [7, 11) is -5.40. The molecule has 0 aromatic rings. The van der Waals surface area contributed by atoms with E-state index in [-0.39, 0.29) is 13.0 Å². The van der Waals surface area contributed by atoms with Gasteiger partial charge in [0.25, 0.3) is 9.84 Å². The summed E-state index contributed by atoms with van der Waals surface area (Å²) in [5.74, 6) is 0. The maximum atomic E-state index is 12.5. The Labute approximate surface area is 115 Å². The van der Waals surface area contributed by atoms with Gasteiger partial charge in [-0.1, -0.05) is 6.08 Å². The molecule has 0 saturated carbocycles. The minimum Gasteiger partial charge on any atom is -0.444 e. The Morgan fingerprint density at radius 2 is 1.85 bits per heavy atom. The van der Waals surface area contributed by atoms with Gasteiger partial charge in [-0.15, -0.1) is 0 Å². The van der Waals surface area contributed by atoms with Crippen molar-refractivity contribution in [2.45, 2.75) is 38.3 Å². The summed E-state index contributed by atoms with van der Waals surface area (Å²) in [5, 5.41) is 0. The van der Waals surface area contributed by atoms with E-state index in [2.05, 4.69) is 0 Å². The van der Waals surface area contributed by atoms with Crippen LogP contribution < -0.4 is 0 Å². The van der Waals surface area contributed by atoms with Crippen molar-refractivity contribution in [1.29, 1.82) is 0 Å². The van der Waals surface area contributed by atoms with E-state index in [4.69, 9.17) is 4.74 Å². The summed E-state index contributed by atoms with van der Waals surface area (Å²) in [6.45, 7) is 4.32. The summed E-state index contributed by atoms with van der Waals surface area (Å²) >= 11 is 0. The molecule has 1 aliphatic rings. The second-order valence-electron chi connectivity index (χ2n) is 5.31. The third-order valence-electron chi connectivity index (χ3n) is 2.42. The SMILES string of the molecule is CC(C)(C)OC(=O)N1CCC=C(S(=O)(=O)C(F)(F)F)C1. The Morgan fingerprint density at radius 1 is 1.30 bits per heavy atom. The second kappa shape index (κ2) is 5.27. The quantitative estimate of drug-likeness (QED) is 0.745. The van der Waals surface area contributed by atoms with E-state index in [0.717, 1.165) is 11.0 Å². The molecule has 0 unspecified atom stereocenters. The smallest absolute Gasteiger partial charge is 0.444 e. The maximum absolute atomic E-state index is 12.5. The summed E-state index contributed by atoms with van der Waals surface area (Å²) in [6.07, 6.45) is 0.189. The zero-order valence-electron chi connectivity index (χ0n) is 11.3. The van der Waals surface area contributed by atoms with Crippen molar-refractivity contribution < 1.29 is 31.1 Å². The number of alkyl halides is 3. The third-order valence-corrected chi connectivity index (χ3v) is 4.01. The normalized spacial score (nSPS) is 17.7. The van der Waals surface area contributed by atoms with E-state index < -0.39 is 38.5 Å². The predicted octanol–water partition coefficient (Wildman–Crippen LogP) is 2.45. The van der Waals surface area contributed by atoms with E-state index in [1.807, 2.05) is 0 Å². The highest BCUT2D eigenvalue weighted by atomic mass is 32.2. The highest BCUT2D eigenvalue weighted by Gasteiger charge is 2.49. The molecule has 0 atom stereocenters. The Morgan fingerprint density at radius 3 is 2.30 bits per heavy atom. The average Bonchev–Trinajstić information content (AvgIpc) is 2.25. The van der Waals surface area contributed by atoms with Crippen molar-refractivity contribution in [2.75, 3.05) is 13.1 Å². The number of amides is 1. The highest BCUT2D eigenvalue weighted by molar-refractivity contribution is 7.96. The van der Waals surface area contributed by atoms with Gasteiger partial charge >= 0.3 is 11.6 Å². The van der Waals surface area contributed by atoms with Crippen molar-refractivity contribution in [3.8, 4) is 0 Å². The second-order valence-corrected chi connectivity index (χ2v) is 7.30. The lowest BCUT2D eigenvalue weighted by Gasteiger charge is -2.30. The molecule has 1 amide bonds. The van der Waals surface area contributed by atoms with E-state index >= 15 is 0 Å². The first-order chi connectivity index (χ1) is 8.84. The lowest BCUT2D eigenvalue weighted by atomic mass is 10.2. The van der Waals surface area contributed by atoms with Gasteiger partial charge in [0.05, 0.1) is 11.4 Å². The lowest BCUT2D eigenvalue weighted by molar-refractivity contribution is -0.0430. The largest absolute Gasteiger partial charge is 0.501 e. The van der Waals surface area contributed by atoms with Gasteiger partial charge in [-0.3, -0.25) is 0 Å². The number of ether oxygens (including phenoxy) is 1. The van der Waals surface area contributed by atoms with Crippen molar-refractivity contribution in [1.82, 2.24) is 4.90 Å². The number of carbonyl (C=O) groups excluding carboxylic acids is 1. The van der Waals surface area contributed by atoms with Gasteiger partial charge in [0.2, 0.25) is 0 Å². The molecule has 0 aromatic carbocycles. The van der Waals surface area contributed by atoms with Crippen molar-refractivity contribution in [2.24, 2.45) is 0 Å². The number of nitrogens with zero attached hydrogens (tertiary/aromatic N) is 1.